The largest absolute Gasteiger partial charge is 0.494 e. The van der Waals surface area contributed by atoms with Gasteiger partial charge in [-0.2, -0.15) is 0 Å². The second kappa shape index (κ2) is 9.17. The van der Waals surface area contributed by atoms with E-state index in [2.05, 4.69) is 17.6 Å². The first-order valence-corrected chi connectivity index (χ1v) is 8.56. The minimum atomic E-state index is -0.685. The molecule has 0 aliphatic carbocycles. The number of benzene rings is 1. The zero-order valence-electron chi connectivity index (χ0n) is 13.1. The Bertz CT molecular complexity index is 584. The second-order valence-corrected chi connectivity index (χ2v) is 6.07. The van der Waals surface area contributed by atoms with E-state index in [1.807, 2.05) is 29.6 Å². The molecule has 6 heteroatoms. The van der Waals surface area contributed by atoms with Crippen molar-refractivity contribution in [2.24, 2.45) is 0 Å². The van der Waals surface area contributed by atoms with Crippen LogP contribution in [-0.4, -0.2) is 24.3 Å². The van der Waals surface area contributed by atoms with Crippen molar-refractivity contribution in [2.45, 2.75) is 25.9 Å². The average molecular weight is 334 g/mol. The number of ether oxygens (including phenoxy) is 1. The molecule has 3 N–H and O–H groups in total. The quantitative estimate of drug-likeness (QED) is 0.643. The molecular formula is C17H22N2O3S. The van der Waals surface area contributed by atoms with Gasteiger partial charge < -0.3 is 20.5 Å². The summed E-state index contributed by atoms with van der Waals surface area (Å²) in [7, 11) is 0. The van der Waals surface area contributed by atoms with Crippen molar-refractivity contribution in [3.8, 4) is 5.75 Å². The minimum absolute atomic E-state index is 0.171. The monoisotopic (exact) mass is 334 g/mol. The lowest BCUT2D eigenvalue weighted by Gasteiger charge is -2.12. The maximum atomic E-state index is 11.8. The first-order chi connectivity index (χ1) is 11.2. The van der Waals surface area contributed by atoms with Crippen LogP contribution < -0.4 is 15.4 Å². The van der Waals surface area contributed by atoms with Gasteiger partial charge in [0.2, 0.25) is 0 Å². The summed E-state index contributed by atoms with van der Waals surface area (Å²) < 4.78 is 5.57. The highest BCUT2D eigenvalue weighted by molar-refractivity contribution is 7.10. The van der Waals surface area contributed by atoms with Crippen LogP contribution >= 0.6 is 11.3 Å². The maximum absolute atomic E-state index is 11.8. The van der Waals surface area contributed by atoms with E-state index in [9.17, 15) is 9.90 Å². The Hall–Kier alpha value is -2.05. The zero-order chi connectivity index (χ0) is 16.5. The van der Waals surface area contributed by atoms with Gasteiger partial charge in [0.1, 0.15) is 11.9 Å². The zero-order valence-corrected chi connectivity index (χ0v) is 13.9. The van der Waals surface area contributed by atoms with Gasteiger partial charge in [-0.05, 0) is 42.1 Å². The third kappa shape index (κ3) is 5.92. The fourth-order valence-corrected chi connectivity index (χ4v) is 2.63. The highest BCUT2D eigenvalue weighted by Gasteiger charge is 2.10. The van der Waals surface area contributed by atoms with E-state index in [0.717, 1.165) is 23.5 Å². The predicted octanol–water partition coefficient (Wildman–Crippen LogP) is 3.78. The fraction of sp³-hybridized carbons (Fsp3) is 0.353. The number of amides is 2. The molecule has 1 unspecified atom stereocenters. The number of urea groups is 1. The Morgan fingerprint density at radius 2 is 2.09 bits per heavy atom. The normalized spacial score (nSPS) is 11.7. The van der Waals surface area contributed by atoms with Gasteiger partial charge in [-0.25, -0.2) is 4.79 Å². The standard InChI is InChI=1S/C17H22N2O3S/c1-2-3-10-22-14-8-6-13(7-9-14)19-17(21)18-12-15(20)16-5-4-11-23-16/h4-9,11,15,20H,2-3,10,12H2,1H3,(H2,18,19,21). The number of hydrogen-bond donors (Lipinski definition) is 3. The smallest absolute Gasteiger partial charge is 0.319 e. The molecule has 0 aliphatic heterocycles. The summed E-state index contributed by atoms with van der Waals surface area (Å²) in [6.07, 6.45) is 1.43. The molecule has 0 saturated carbocycles. The van der Waals surface area contributed by atoms with E-state index in [1.54, 1.807) is 12.1 Å². The molecule has 124 valence electrons. The van der Waals surface area contributed by atoms with Gasteiger partial charge in [0.15, 0.2) is 0 Å². The fourth-order valence-electron chi connectivity index (χ4n) is 1.91. The highest BCUT2D eigenvalue weighted by Crippen LogP contribution is 2.18. The average Bonchev–Trinajstić information content (AvgIpc) is 3.09. The van der Waals surface area contributed by atoms with Crippen LogP contribution in [0.5, 0.6) is 5.75 Å². The third-order valence-corrected chi connectivity index (χ3v) is 4.18. The van der Waals surface area contributed by atoms with Gasteiger partial charge in [-0.1, -0.05) is 19.4 Å². The van der Waals surface area contributed by atoms with Crippen LogP contribution in [0.15, 0.2) is 41.8 Å². The number of rotatable bonds is 8. The number of anilines is 1. The number of aliphatic hydroxyl groups is 1. The van der Waals surface area contributed by atoms with E-state index < -0.39 is 6.10 Å². The number of carbonyl (C=O) groups excluding carboxylic acids is 1. The first-order valence-electron chi connectivity index (χ1n) is 7.68. The number of aliphatic hydroxyl groups excluding tert-OH is 1. The van der Waals surface area contributed by atoms with Crippen LogP contribution in [0.3, 0.4) is 0 Å². The number of hydrogen-bond acceptors (Lipinski definition) is 4. The molecule has 1 aromatic heterocycles. The van der Waals surface area contributed by atoms with Gasteiger partial charge in [-0.3, -0.25) is 0 Å². The van der Waals surface area contributed by atoms with Crippen LogP contribution in [0.25, 0.3) is 0 Å². The van der Waals surface area contributed by atoms with Gasteiger partial charge in [0, 0.05) is 10.6 Å². The number of nitrogens with one attached hydrogen (secondary N) is 2. The van der Waals surface area contributed by atoms with Crippen LogP contribution in [-0.2, 0) is 0 Å². The summed E-state index contributed by atoms with van der Waals surface area (Å²) in [6, 6.07) is 10.6. The molecule has 5 nitrogen and oxygen atoms in total. The Kier molecular flexibility index (Phi) is 6.90. The van der Waals surface area contributed by atoms with Crippen molar-refractivity contribution in [1.82, 2.24) is 5.32 Å². The molecule has 1 aromatic carbocycles. The molecule has 2 rings (SSSR count). The minimum Gasteiger partial charge on any atom is -0.494 e. The Morgan fingerprint density at radius 1 is 1.30 bits per heavy atom. The third-order valence-electron chi connectivity index (χ3n) is 3.21. The molecule has 1 atom stereocenters. The molecule has 23 heavy (non-hydrogen) atoms. The maximum Gasteiger partial charge on any atom is 0.319 e. The SMILES string of the molecule is CCCCOc1ccc(NC(=O)NCC(O)c2cccs2)cc1. The van der Waals surface area contributed by atoms with Crippen LogP contribution in [0, 0.1) is 0 Å². The lowest BCUT2D eigenvalue weighted by molar-refractivity contribution is 0.178. The molecule has 0 saturated heterocycles. The van der Waals surface area contributed by atoms with Crippen molar-refractivity contribution in [3.05, 3.63) is 46.7 Å². The highest BCUT2D eigenvalue weighted by atomic mass is 32.1. The topological polar surface area (TPSA) is 70.6 Å². The summed E-state index contributed by atoms with van der Waals surface area (Å²) in [6.45, 7) is 2.99. The van der Waals surface area contributed by atoms with E-state index in [0.29, 0.717) is 12.3 Å². The molecule has 1 heterocycles. The summed E-state index contributed by atoms with van der Waals surface area (Å²) in [5, 5.41) is 17.2. The molecule has 2 amide bonds. The number of unbranched alkanes of at least 4 members (excludes halogenated alkanes) is 1. The van der Waals surface area contributed by atoms with Crippen LogP contribution in [0.4, 0.5) is 10.5 Å². The van der Waals surface area contributed by atoms with Crippen LogP contribution in [0.1, 0.15) is 30.7 Å². The summed E-state index contributed by atoms with van der Waals surface area (Å²) in [5.74, 6) is 0.789. The van der Waals surface area contributed by atoms with Crippen molar-refractivity contribution >= 4 is 23.1 Å². The molecule has 0 fully saturated rings. The second-order valence-electron chi connectivity index (χ2n) is 5.09. The van der Waals surface area contributed by atoms with Crippen molar-refractivity contribution < 1.29 is 14.6 Å². The van der Waals surface area contributed by atoms with Crippen molar-refractivity contribution in [2.75, 3.05) is 18.5 Å². The Morgan fingerprint density at radius 3 is 2.74 bits per heavy atom. The lowest BCUT2D eigenvalue weighted by atomic mass is 10.3. The van der Waals surface area contributed by atoms with Crippen molar-refractivity contribution in [1.29, 1.82) is 0 Å². The Balaban J connectivity index is 1.74. The number of carbonyl (C=O) groups is 1. The van der Waals surface area contributed by atoms with Crippen LogP contribution in [0.2, 0.25) is 0 Å². The van der Waals surface area contributed by atoms with Gasteiger partial charge in [-0.15, -0.1) is 11.3 Å². The summed E-state index contributed by atoms with van der Waals surface area (Å²) >= 11 is 1.46. The number of thiophene rings is 1. The molecule has 0 radical (unpaired) electrons. The van der Waals surface area contributed by atoms with Gasteiger partial charge in [0.05, 0.1) is 13.2 Å². The molecule has 0 aliphatic rings. The Labute approximate surface area is 140 Å². The first kappa shape index (κ1) is 17.3. The lowest BCUT2D eigenvalue weighted by Crippen LogP contribution is -2.32. The van der Waals surface area contributed by atoms with Gasteiger partial charge >= 0.3 is 6.03 Å². The molecule has 0 spiro atoms. The molecule has 2 aromatic rings. The van der Waals surface area contributed by atoms with Gasteiger partial charge in [0.25, 0.3) is 0 Å². The van der Waals surface area contributed by atoms with Crippen molar-refractivity contribution in [3.63, 3.8) is 0 Å². The van der Waals surface area contributed by atoms with E-state index >= 15 is 0 Å². The summed E-state index contributed by atoms with van der Waals surface area (Å²) in [5.41, 5.74) is 0.677. The molecule has 0 bridgehead atoms. The van der Waals surface area contributed by atoms with E-state index in [-0.39, 0.29) is 12.6 Å². The van der Waals surface area contributed by atoms with E-state index in [4.69, 9.17) is 4.74 Å². The van der Waals surface area contributed by atoms with E-state index in [1.165, 1.54) is 11.3 Å². The summed E-state index contributed by atoms with van der Waals surface area (Å²) in [4.78, 5) is 12.7. The predicted molar refractivity (Wildman–Crippen MR) is 93.1 cm³/mol. The molecular weight excluding hydrogens is 312 g/mol.